The van der Waals surface area contributed by atoms with E-state index in [9.17, 15) is 19.7 Å². The Bertz CT molecular complexity index is 515. The van der Waals surface area contributed by atoms with E-state index in [4.69, 9.17) is 0 Å². The fraction of sp³-hybridized carbons (Fsp3) is 0.273. The number of nitro benzene ring substituents is 1. The van der Waals surface area contributed by atoms with Gasteiger partial charge in [0.2, 0.25) is 5.91 Å². The van der Waals surface area contributed by atoms with Crippen molar-refractivity contribution in [3.8, 4) is 0 Å². The maximum absolute atomic E-state index is 11.7. The number of nitrogens with one attached hydrogen (secondary N) is 2. The van der Waals surface area contributed by atoms with Crippen molar-refractivity contribution in [1.82, 2.24) is 10.8 Å². The molecule has 8 heteroatoms. The average molecular weight is 267 g/mol. The van der Waals surface area contributed by atoms with Gasteiger partial charge in [-0.25, -0.2) is 5.48 Å². The van der Waals surface area contributed by atoms with Gasteiger partial charge in [-0.3, -0.25) is 24.5 Å². The van der Waals surface area contributed by atoms with Gasteiger partial charge in [0.15, 0.2) is 6.61 Å². The van der Waals surface area contributed by atoms with Gasteiger partial charge in [-0.1, -0.05) is 6.07 Å². The van der Waals surface area contributed by atoms with E-state index < -0.39 is 16.7 Å². The van der Waals surface area contributed by atoms with Gasteiger partial charge in [0.05, 0.1) is 10.5 Å². The molecule has 0 bridgehead atoms. The van der Waals surface area contributed by atoms with Crippen molar-refractivity contribution in [2.24, 2.45) is 0 Å². The molecule has 0 atom stereocenters. The first-order valence-electron chi connectivity index (χ1n) is 5.34. The summed E-state index contributed by atoms with van der Waals surface area (Å²) in [5.41, 5.74) is 2.24. The number of nitrogens with zero attached hydrogens (tertiary/aromatic N) is 1. The van der Waals surface area contributed by atoms with Gasteiger partial charge < -0.3 is 5.32 Å². The highest BCUT2D eigenvalue weighted by Gasteiger charge is 2.18. The Hall–Kier alpha value is -2.48. The standard InChI is InChI=1S/C11H13N3O5/c1-7-8(4-3-5-9(7)14(17)18)11(16)13-19-6-10(15)12-2/h3-5H,6H2,1-2H3,(H,12,15)(H,13,16). The van der Waals surface area contributed by atoms with Crippen LogP contribution in [0.15, 0.2) is 18.2 Å². The molecule has 0 saturated heterocycles. The second-order valence-electron chi connectivity index (χ2n) is 3.60. The Morgan fingerprint density at radius 1 is 1.42 bits per heavy atom. The number of hydroxylamine groups is 1. The molecule has 0 heterocycles. The van der Waals surface area contributed by atoms with E-state index in [1.54, 1.807) is 0 Å². The molecule has 0 fully saturated rings. The highest BCUT2D eigenvalue weighted by atomic mass is 16.7. The molecule has 1 aromatic carbocycles. The van der Waals surface area contributed by atoms with E-state index in [1.165, 1.54) is 32.2 Å². The molecule has 1 aromatic rings. The van der Waals surface area contributed by atoms with E-state index >= 15 is 0 Å². The maximum Gasteiger partial charge on any atom is 0.275 e. The van der Waals surface area contributed by atoms with Crippen molar-refractivity contribution in [2.75, 3.05) is 13.7 Å². The zero-order chi connectivity index (χ0) is 14.4. The topological polar surface area (TPSA) is 111 Å². The third kappa shape index (κ3) is 3.75. The number of carbonyl (C=O) groups is 2. The fourth-order valence-corrected chi connectivity index (χ4v) is 1.36. The molecule has 19 heavy (non-hydrogen) atoms. The van der Waals surface area contributed by atoms with E-state index in [0.29, 0.717) is 0 Å². The molecular formula is C11H13N3O5. The Morgan fingerprint density at radius 3 is 2.68 bits per heavy atom. The lowest BCUT2D eigenvalue weighted by atomic mass is 10.1. The van der Waals surface area contributed by atoms with Gasteiger partial charge in [-0.15, -0.1) is 0 Å². The van der Waals surface area contributed by atoms with Crippen LogP contribution in [-0.4, -0.2) is 30.4 Å². The van der Waals surface area contributed by atoms with Crippen LogP contribution in [0.5, 0.6) is 0 Å². The van der Waals surface area contributed by atoms with Gasteiger partial charge >= 0.3 is 0 Å². The largest absolute Gasteiger partial charge is 0.357 e. The van der Waals surface area contributed by atoms with E-state index in [1.807, 2.05) is 5.48 Å². The minimum atomic E-state index is -0.648. The van der Waals surface area contributed by atoms with Crippen molar-refractivity contribution in [3.05, 3.63) is 39.4 Å². The lowest BCUT2D eigenvalue weighted by molar-refractivity contribution is -0.385. The summed E-state index contributed by atoms with van der Waals surface area (Å²) < 4.78 is 0. The van der Waals surface area contributed by atoms with Crippen molar-refractivity contribution >= 4 is 17.5 Å². The van der Waals surface area contributed by atoms with Gasteiger partial charge in [-0.05, 0) is 13.0 Å². The molecule has 2 amide bonds. The number of hydrogen-bond acceptors (Lipinski definition) is 5. The van der Waals surface area contributed by atoms with Crippen LogP contribution < -0.4 is 10.8 Å². The minimum Gasteiger partial charge on any atom is -0.357 e. The Morgan fingerprint density at radius 2 is 2.11 bits per heavy atom. The molecule has 0 aliphatic carbocycles. The Kier molecular flexibility index (Phi) is 4.95. The summed E-state index contributed by atoms with van der Waals surface area (Å²) in [6.45, 7) is 1.13. The maximum atomic E-state index is 11.7. The van der Waals surface area contributed by atoms with Gasteiger partial charge in [0, 0.05) is 18.7 Å². The van der Waals surface area contributed by atoms with Crippen LogP contribution in [0.2, 0.25) is 0 Å². The smallest absolute Gasteiger partial charge is 0.275 e. The molecule has 0 aromatic heterocycles. The lowest BCUT2D eigenvalue weighted by Gasteiger charge is -2.07. The first kappa shape index (κ1) is 14.6. The van der Waals surface area contributed by atoms with Gasteiger partial charge in [-0.2, -0.15) is 0 Å². The summed E-state index contributed by atoms with van der Waals surface area (Å²) >= 11 is 0. The molecular weight excluding hydrogens is 254 g/mol. The van der Waals surface area contributed by atoms with Crippen LogP contribution in [0.25, 0.3) is 0 Å². The number of likely N-dealkylation sites (N-methyl/N-ethyl adjacent to an activating group) is 1. The number of benzene rings is 1. The SMILES string of the molecule is CNC(=O)CONC(=O)c1cccc([N+](=O)[O-])c1C. The molecule has 102 valence electrons. The van der Waals surface area contributed by atoms with E-state index in [2.05, 4.69) is 10.2 Å². The predicted molar refractivity (Wildman–Crippen MR) is 65.3 cm³/mol. The molecule has 0 aliphatic rings. The van der Waals surface area contributed by atoms with Crippen LogP contribution in [-0.2, 0) is 9.63 Å². The molecule has 0 unspecified atom stereocenters. The third-order valence-electron chi connectivity index (χ3n) is 2.39. The Balaban J connectivity index is 2.75. The number of nitro groups is 1. The first-order valence-corrected chi connectivity index (χ1v) is 5.34. The van der Waals surface area contributed by atoms with Crippen molar-refractivity contribution < 1.29 is 19.3 Å². The third-order valence-corrected chi connectivity index (χ3v) is 2.39. The summed E-state index contributed by atoms with van der Waals surface area (Å²) in [4.78, 5) is 37.4. The highest BCUT2D eigenvalue weighted by molar-refractivity contribution is 5.96. The zero-order valence-electron chi connectivity index (χ0n) is 10.4. The van der Waals surface area contributed by atoms with E-state index in [0.717, 1.165) is 0 Å². The Labute approximate surface area is 108 Å². The molecule has 1 rings (SSSR count). The minimum absolute atomic E-state index is 0.117. The number of hydrogen-bond donors (Lipinski definition) is 2. The van der Waals surface area contributed by atoms with Crippen LogP contribution in [0.1, 0.15) is 15.9 Å². The van der Waals surface area contributed by atoms with E-state index in [-0.39, 0.29) is 23.4 Å². The van der Waals surface area contributed by atoms with Crippen molar-refractivity contribution in [1.29, 1.82) is 0 Å². The molecule has 0 spiro atoms. The second-order valence-corrected chi connectivity index (χ2v) is 3.60. The van der Waals surface area contributed by atoms with Crippen LogP contribution >= 0.6 is 0 Å². The number of rotatable bonds is 5. The number of carbonyl (C=O) groups excluding carboxylic acids is 2. The lowest BCUT2D eigenvalue weighted by Crippen LogP contribution is -2.31. The summed E-state index contributed by atoms with van der Waals surface area (Å²) in [6.07, 6.45) is 0. The predicted octanol–water partition coefficient (Wildman–Crippen LogP) is 0.311. The quantitative estimate of drug-likeness (QED) is 0.589. The fourth-order valence-electron chi connectivity index (χ4n) is 1.36. The molecule has 8 nitrogen and oxygen atoms in total. The van der Waals surface area contributed by atoms with Crippen molar-refractivity contribution in [2.45, 2.75) is 6.92 Å². The van der Waals surface area contributed by atoms with Crippen LogP contribution in [0.4, 0.5) is 5.69 Å². The normalized spacial score (nSPS) is 9.79. The molecule has 2 N–H and O–H groups in total. The summed E-state index contributed by atoms with van der Waals surface area (Å²) in [5, 5.41) is 13.0. The van der Waals surface area contributed by atoms with Crippen LogP contribution in [0, 0.1) is 17.0 Å². The number of amides is 2. The second kappa shape index (κ2) is 6.45. The van der Waals surface area contributed by atoms with Crippen molar-refractivity contribution in [3.63, 3.8) is 0 Å². The van der Waals surface area contributed by atoms with Crippen LogP contribution in [0.3, 0.4) is 0 Å². The average Bonchev–Trinajstić information content (AvgIpc) is 2.38. The molecule has 0 aliphatic heterocycles. The summed E-state index contributed by atoms with van der Waals surface area (Å²) in [7, 11) is 1.43. The molecule has 0 saturated carbocycles. The highest BCUT2D eigenvalue weighted by Crippen LogP contribution is 2.20. The zero-order valence-corrected chi connectivity index (χ0v) is 10.4. The molecule has 0 radical (unpaired) electrons. The summed E-state index contributed by atoms with van der Waals surface area (Å²) in [5.74, 6) is -1.05. The summed E-state index contributed by atoms with van der Waals surface area (Å²) in [6, 6.07) is 4.14. The van der Waals surface area contributed by atoms with Gasteiger partial charge in [0.25, 0.3) is 11.6 Å². The first-order chi connectivity index (χ1) is 8.97. The van der Waals surface area contributed by atoms with Gasteiger partial charge in [0.1, 0.15) is 0 Å². The monoisotopic (exact) mass is 267 g/mol.